The molecule has 2 N–H and O–H groups in total. The van der Waals surface area contributed by atoms with Crippen LogP contribution < -0.4 is 5.32 Å². The van der Waals surface area contributed by atoms with E-state index in [1.165, 1.54) is 0 Å². The Hall–Kier alpha value is -1.36. The zero-order valence-corrected chi connectivity index (χ0v) is 13.8. The lowest BCUT2D eigenvalue weighted by Gasteiger charge is -2.24. The fraction of sp³-hybridized carbons (Fsp3) is 0.188. The minimum absolute atomic E-state index is 0.0959. The Morgan fingerprint density at radius 1 is 1.29 bits per heavy atom. The zero-order chi connectivity index (χ0) is 15.5. The zero-order valence-electron chi connectivity index (χ0n) is 11.4. The first kappa shape index (κ1) is 16.0. The molecule has 2 aromatic rings. The molecule has 110 valence electrons. The van der Waals surface area contributed by atoms with Crippen LogP contribution in [0.5, 0.6) is 0 Å². The summed E-state index contributed by atoms with van der Waals surface area (Å²) >= 11 is 9.32. The molecule has 0 saturated carbocycles. The summed E-state index contributed by atoms with van der Waals surface area (Å²) in [7, 11) is 0. The van der Waals surface area contributed by atoms with E-state index in [9.17, 15) is 9.90 Å². The van der Waals surface area contributed by atoms with Gasteiger partial charge in [0.25, 0.3) is 5.91 Å². The maximum absolute atomic E-state index is 12.2. The molecule has 0 aliphatic rings. The second-order valence-corrected chi connectivity index (χ2v) is 6.27. The van der Waals surface area contributed by atoms with Crippen LogP contribution in [0, 0.1) is 0 Å². The van der Waals surface area contributed by atoms with Crippen LogP contribution in [0.3, 0.4) is 0 Å². The van der Waals surface area contributed by atoms with Crippen molar-refractivity contribution in [2.75, 3.05) is 6.54 Å². The van der Waals surface area contributed by atoms with Crippen molar-refractivity contribution in [3.8, 4) is 0 Å². The van der Waals surface area contributed by atoms with E-state index < -0.39 is 5.60 Å². The first-order valence-electron chi connectivity index (χ1n) is 6.41. The van der Waals surface area contributed by atoms with Gasteiger partial charge < -0.3 is 10.4 Å². The molecule has 1 amide bonds. The highest BCUT2D eigenvalue weighted by atomic mass is 79.9. The first-order valence-corrected chi connectivity index (χ1v) is 7.58. The molecule has 2 aromatic carbocycles. The van der Waals surface area contributed by atoms with Crippen LogP contribution in [0.1, 0.15) is 22.8 Å². The van der Waals surface area contributed by atoms with Crippen molar-refractivity contribution in [2.45, 2.75) is 12.5 Å². The van der Waals surface area contributed by atoms with Gasteiger partial charge in [-0.05, 0) is 30.7 Å². The second kappa shape index (κ2) is 6.60. The summed E-state index contributed by atoms with van der Waals surface area (Å²) in [6.45, 7) is 1.75. The minimum Gasteiger partial charge on any atom is -0.384 e. The lowest BCUT2D eigenvalue weighted by molar-refractivity contribution is 0.0526. The summed E-state index contributed by atoms with van der Waals surface area (Å²) in [5, 5.41) is 13.5. The van der Waals surface area contributed by atoms with Gasteiger partial charge in [0.2, 0.25) is 0 Å². The van der Waals surface area contributed by atoms with Crippen molar-refractivity contribution in [3.63, 3.8) is 0 Å². The van der Waals surface area contributed by atoms with Gasteiger partial charge in [0.05, 0.1) is 17.1 Å². The molecular formula is C16H15BrClNO2. The van der Waals surface area contributed by atoms with E-state index in [0.717, 1.165) is 10.0 Å². The average molecular weight is 369 g/mol. The van der Waals surface area contributed by atoms with Gasteiger partial charge >= 0.3 is 0 Å². The maximum atomic E-state index is 12.2. The fourth-order valence-corrected chi connectivity index (χ4v) is 2.48. The molecule has 0 saturated heterocycles. The van der Waals surface area contributed by atoms with E-state index in [0.29, 0.717) is 10.6 Å². The average Bonchev–Trinajstić information content (AvgIpc) is 2.48. The predicted molar refractivity (Wildman–Crippen MR) is 87.5 cm³/mol. The summed E-state index contributed by atoms with van der Waals surface area (Å²) < 4.78 is 0.770. The van der Waals surface area contributed by atoms with Gasteiger partial charge in [-0.3, -0.25) is 4.79 Å². The van der Waals surface area contributed by atoms with E-state index in [1.54, 1.807) is 25.1 Å². The van der Waals surface area contributed by atoms with Crippen LogP contribution in [0.2, 0.25) is 5.02 Å². The van der Waals surface area contributed by atoms with E-state index in [2.05, 4.69) is 21.2 Å². The lowest BCUT2D eigenvalue weighted by Crippen LogP contribution is -2.38. The van der Waals surface area contributed by atoms with Gasteiger partial charge in [0, 0.05) is 4.47 Å². The van der Waals surface area contributed by atoms with Gasteiger partial charge in [-0.15, -0.1) is 0 Å². The highest BCUT2D eigenvalue weighted by molar-refractivity contribution is 9.10. The summed E-state index contributed by atoms with van der Waals surface area (Å²) in [6.07, 6.45) is 0. The summed E-state index contributed by atoms with van der Waals surface area (Å²) in [4.78, 5) is 12.2. The van der Waals surface area contributed by atoms with Gasteiger partial charge in [0.1, 0.15) is 5.60 Å². The topological polar surface area (TPSA) is 49.3 Å². The van der Waals surface area contributed by atoms with Crippen LogP contribution >= 0.6 is 27.5 Å². The Labute approximate surface area is 137 Å². The summed E-state index contributed by atoms with van der Waals surface area (Å²) in [5.41, 5.74) is -0.0318. The van der Waals surface area contributed by atoms with E-state index in [1.807, 2.05) is 30.3 Å². The molecule has 0 unspecified atom stereocenters. The largest absolute Gasteiger partial charge is 0.384 e. The predicted octanol–water partition coefficient (Wildman–Crippen LogP) is 3.74. The number of aliphatic hydroxyl groups is 1. The van der Waals surface area contributed by atoms with Crippen LogP contribution in [-0.4, -0.2) is 17.6 Å². The van der Waals surface area contributed by atoms with Gasteiger partial charge in [0.15, 0.2) is 0 Å². The Morgan fingerprint density at radius 3 is 2.62 bits per heavy atom. The molecule has 0 aromatic heterocycles. The first-order chi connectivity index (χ1) is 9.90. The van der Waals surface area contributed by atoms with Gasteiger partial charge in [-0.25, -0.2) is 0 Å². The van der Waals surface area contributed by atoms with Crippen LogP contribution in [0.15, 0.2) is 53.0 Å². The van der Waals surface area contributed by atoms with Crippen molar-refractivity contribution in [1.82, 2.24) is 5.32 Å². The number of carbonyl (C=O) groups is 1. The third-order valence-electron chi connectivity index (χ3n) is 3.16. The van der Waals surface area contributed by atoms with Crippen molar-refractivity contribution in [3.05, 3.63) is 69.2 Å². The molecule has 0 spiro atoms. The lowest BCUT2D eigenvalue weighted by atomic mass is 9.96. The molecule has 0 aliphatic heterocycles. The Kier molecular flexibility index (Phi) is 5.04. The third-order valence-corrected chi connectivity index (χ3v) is 3.98. The molecule has 0 heterocycles. The van der Waals surface area contributed by atoms with Crippen molar-refractivity contribution in [2.24, 2.45) is 0 Å². The van der Waals surface area contributed by atoms with Gasteiger partial charge in [-0.1, -0.05) is 57.9 Å². The number of amides is 1. The molecule has 0 radical (unpaired) electrons. The van der Waals surface area contributed by atoms with Crippen LogP contribution in [-0.2, 0) is 5.60 Å². The van der Waals surface area contributed by atoms with E-state index >= 15 is 0 Å². The Balaban J connectivity index is 2.09. The normalized spacial score (nSPS) is 13.5. The highest BCUT2D eigenvalue weighted by Crippen LogP contribution is 2.22. The summed E-state index contributed by atoms with van der Waals surface area (Å²) in [6, 6.07) is 14.3. The number of hydrogen-bond acceptors (Lipinski definition) is 2. The van der Waals surface area contributed by atoms with Crippen molar-refractivity contribution in [1.29, 1.82) is 0 Å². The highest BCUT2D eigenvalue weighted by Gasteiger charge is 2.24. The molecule has 5 heteroatoms. The molecule has 0 bridgehead atoms. The molecule has 2 rings (SSSR count). The quantitative estimate of drug-likeness (QED) is 0.863. The third kappa shape index (κ3) is 4.06. The number of nitrogens with one attached hydrogen (secondary N) is 1. The molecule has 21 heavy (non-hydrogen) atoms. The van der Waals surface area contributed by atoms with Gasteiger partial charge in [-0.2, -0.15) is 0 Å². The van der Waals surface area contributed by atoms with E-state index in [-0.39, 0.29) is 12.5 Å². The van der Waals surface area contributed by atoms with Crippen molar-refractivity contribution < 1.29 is 9.90 Å². The van der Waals surface area contributed by atoms with Crippen LogP contribution in [0.25, 0.3) is 0 Å². The number of halogens is 2. The number of rotatable bonds is 4. The molecular weight excluding hydrogens is 354 g/mol. The molecule has 1 atom stereocenters. The Bertz CT molecular complexity index is 644. The van der Waals surface area contributed by atoms with Crippen molar-refractivity contribution >= 4 is 33.4 Å². The van der Waals surface area contributed by atoms with Crippen LogP contribution in [0.4, 0.5) is 0 Å². The molecule has 0 aliphatic carbocycles. The fourth-order valence-electron chi connectivity index (χ4n) is 1.92. The standard InChI is InChI=1S/C16H15BrClNO2/c1-16(21,11-5-3-2-4-6-11)10-19-15(20)13-9-12(17)7-8-14(13)18/h2-9,21H,10H2,1H3,(H,19,20)/t16-/m0/s1. The Morgan fingerprint density at radius 2 is 1.95 bits per heavy atom. The van der Waals surface area contributed by atoms with E-state index in [4.69, 9.17) is 11.6 Å². The monoisotopic (exact) mass is 367 g/mol. The maximum Gasteiger partial charge on any atom is 0.252 e. The summed E-state index contributed by atoms with van der Waals surface area (Å²) in [5.74, 6) is -0.322. The number of carbonyl (C=O) groups excluding carboxylic acids is 1. The smallest absolute Gasteiger partial charge is 0.252 e. The second-order valence-electron chi connectivity index (χ2n) is 4.95. The number of hydrogen-bond donors (Lipinski definition) is 2. The molecule has 3 nitrogen and oxygen atoms in total. The minimum atomic E-state index is -1.14. The SMILES string of the molecule is C[C@](O)(CNC(=O)c1cc(Br)ccc1Cl)c1ccccc1. The molecule has 0 fully saturated rings. The number of benzene rings is 2.